The van der Waals surface area contributed by atoms with Crippen molar-refractivity contribution in [2.24, 2.45) is 0 Å². The zero-order valence-electron chi connectivity index (χ0n) is 9.91. The fraction of sp³-hybridized carbons (Fsp3) is 0.154. The minimum absolute atomic E-state index is 0.930. The fourth-order valence-corrected chi connectivity index (χ4v) is 1.69. The number of pyridine rings is 1. The van der Waals surface area contributed by atoms with Crippen molar-refractivity contribution in [1.82, 2.24) is 4.98 Å². The van der Waals surface area contributed by atoms with Gasteiger partial charge in [0.2, 0.25) is 0 Å². The van der Waals surface area contributed by atoms with Gasteiger partial charge in [-0.1, -0.05) is 24.3 Å². The standard InChI is InChI=1S/C13H15BN2/c1-9-7-11(14)13(15-8-9)16-12-6-4-3-5-10(12)2/h3-8H,14H2,1-2H3,(H,15,16). The van der Waals surface area contributed by atoms with Crippen LogP contribution in [0, 0.1) is 13.8 Å². The molecule has 0 aliphatic heterocycles. The Bertz CT molecular complexity index is 509. The first-order valence-corrected chi connectivity index (χ1v) is 5.43. The van der Waals surface area contributed by atoms with E-state index in [1.165, 1.54) is 16.6 Å². The first-order chi connectivity index (χ1) is 7.66. The number of nitrogens with zero attached hydrogens (tertiary/aromatic N) is 1. The van der Waals surface area contributed by atoms with Gasteiger partial charge in [0.05, 0.1) is 0 Å². The van der Waals surface area contributed by atoms with Crippen LogP contribution in [0.4, 0.5) is 11.5 Å². The molecule has 1 N–H and O–H groups in total. The van der Waals surface area contributed by atoms with Crippen molar-refractivity contribution in [3.05, 3.63) is 47.7 Å². The summed E-state index contributed by atoms with van der Waals surface area (Å²) in [6.07, 6.45) is 1.88. The van der Waals surface area contributed by atoms with Crippen molar-refractivity contribution in [2.45, 2.75) is 13.8 Å². The van der Waals surface area contributed by atoms with Crippen molar-refractivity contribution in [3.63, 3.8) is 0 Å². The summed E-state index contributed by atoms with van der Waals surface area (Å²) < 4.78 is 0. The van der Waals surface area contributed by atoms with Gasteiger partial charge >= 0.3 is 0 Å². The van der Waals surface area contributed by atoms with Gasteiger partial charge in [0.25, 0.3) is 0 Å². The average Bonchev–Trinajstić information content (AvgIpc) is 2.25. The predicted octanol–water partition coefficient (Wildman–Crippen LogP) is 1.70. The van der Waals surface area contributed by atoms with E-state index in [0.29, 0.717) is 0 Å². The summed E-state index contributed by atoms with van der Waals surface area (Å²) in [5, 5.41) is 3.36. The maximum Gasteiger partial charge on any atom is 0.144 e. The molecule has 1 aromatic heterocycles. The molecule has 1 aromatic carbocycles. The van der Waals surface area contributed by atoms with Crippen molar-refractivity contribution < 1.29 is 0 Å². The molecule has 0 fully saturated rings. The minimum atomic E-state index is 0.930. The lowest BCUT2D eigenvalue weighted by atomic mass is 9.95. The summed E-state index contributed by atoms with van der Waals surface area (Å²) >= 11 is 0. The molecule has 1 heterocycles. The molecule has 3 heteroatoms. The van der Waals surface area contributed by atoms with Gasteiger partial charge in [-0.3, -0.25) is 0 Å². The van der Waals surface area contributed by atoms with E-state index in [2.05, 4.69) is 50.2 Å². The first-order valence-electron chi connectivity index (χ1n) is 5.43. The summed E-state index contributed by atoms with van der Waals surface area (Å²) in [6.45, 7) is 4.14. The molecule has 80 valence electrons. The number of hydrogen-bond acceptors (Lipinski definition) is 2. The van der Waals surface area contributed by atoms with Gasteiger partial charge < -0.3 is 5.32 Å². The second kappa shape index (κ2) is 4.39. The molecule has 2 rings (SSSR count). The van der Waals surface area contributed by atoms with Crippen LogP contribution in [0.25, 0.3) is 0 Å². The molecule has 0 bridgehead atoms. The van der Waals surface area contributed by atoms with E-state index < -0.39 is 0 Å². The van der Waals surface area contributed by atoms with Crippen LogP contribution in [0.15, 0.2) is 36.5 Å². The summed E-state index contributed by atoms with van der Waals surface area (Å²) in [4.78, 5) is 4.40. The van der Waals surface area contributed by atoms with E-state index in [1.807, 2.05) is 18.3 Å². The average molecular weight is 210 g/mol. The van der Waals surface area contributed by atoms with Gasteiger partial charge in [-0.2, -0.15) is 0 Å². The SMILES string of the molecule is Bc1cc(C)cnc1Nc1ccccc1C. The number of benzene rings is 1. The Morgan fingerprint density at radius 1 is 1.19 bits per heavy atom. The maximum atomic E-state index is 4.40. The third-order valence-corrected chi connectivity index (χ3v) is 2.61. The maximum absolute atomic E-state index is 4.40. The highest BCUT2D eigenvalue weighted by molar-refractivity contribution is 6.35. The van der Waals surface area contributed by atoms with Crippen LogP contribution in [-0.4, -0.2) is 12.8 Å². The van der Waals surface area contributed by atoms with E-state index in [-0.39, 0.29) is 0 Å². The molecule has 0 atom stereocenters. The molecule has 0 saturated heterocycles. The third kappa shape index (κ3) is 2.24. The molecule has 0 aliphatic rings. The highest BCUT2D eigenvalue weighted by Crippen LogP contribution is 2.17. The normalized spacial score (nSPS) is 10.1. The summed E-state index contributed by atoms with van der Waals surface area (Å²) in [7, 11) is 2.07. The Morgan fingerprint density at radius 3 is 2.62 bits per heavy atom. The molecule has 0 unspecified atom stereocenters. The quantitative estimate of drug-likeness (QED) is 0.763. The number of rotatable bonds is 2. The summed E-state index contributed by atoms with van der Waals surface area (Å²) in [5.41, 5.74) is 4.70. The third-order valence-electron chi connectivity index (χ3n) is 2.61. The zero-order valence-corrected chi connectivity index (χ0v) is 9.91. The van der Waals surface area contributed by atoms with Crippen molar-refractivity contribution in [1.29, 1.82) is 0 Å². The Hall–Kier alpha value is -1.77. The van der Waals surface area contributed by atoms with E-state index in [4.69, 9.17) is 0 Å². The molecule has 16 heavy (non-hydrogen) atoms. The van der Waals surface area contributed by atoms with Crippen LogP contribution in [0.3, 0.4) is 0 Å². The lowest BCUT2D eigenvalue weighted by Gasteiger charge is -2.11. The van der Waals surface area contributed by atoms with Gasteiger partial charge in [0.1, 0.15) is 13.7 Å². The van der Waals surface area contributed by atoms with Crippen LogP contribution in [0.2, 0.25) is 0 Å². The summed E-state index contributed by atoms with van der Waals surface area (Å²) in [6, 6.07) is 10.4. The van der Waals surface area contributed by atoms with Crippen LogP contribution in [0.1, 0.15) is 11.1 Å². The number of nitrogens with one attached hydrogen (secondary N) is 1. The number of anilines is 2. The van der Waals surface area contributed by atoms with Crippen molar-refractivity contribution in [3.8, 4) is 0 Å². The fourth-order valence-electron chi connectivity index (χ4n) is 1.69. The lowest BCUT2D eigenvalue weighted by molar-refractivity contribution is 1.27. The van der Waals surface area contributed by atoms with E-state index in [1.54, 1.807) is 0 Å². The number of hydrogen-bond donors (Lipinski definition) is 1. The lowest BCUT2D eigenvalue weighted by Crippen LogP contribution is -2.12. The van der Waals surface area contributed by atoms with Crippen molar-refractivity contribution in [2.75, 3.05) is 5.32 Å². The molecule has 0 radical (unpaired) electrons. The molecule has 0 saturated carbocycles. The molecular formula is C13H15BN2. The predicted molar refractivity (Wildman–Crippen MR) is 71.6 cm³/mol. The molecule has 2 nitrogen and oxygen atoms in total. The Labute approximate surface area is 97.1 Å². The molecule has 0 aliphatic carbocycles. The first kappa shape index (κ1) is 10.7. The Morgan fingerprint density at radius 2 is 1.94 bits per heavy atom. The Balaban J connectivity index is 2.31. The zero-order chi connectivity index (χ0) is 11.5. The van der Waals surface area contributed by atoms with Crippen LogP contribution < -0.4 is 10.8 Å². The molecule has 2 aromatic rings. The van der Waals surface area contributed by atoms with E-state index >= 15 is 0 Å². The molecule has 0 amide bonds. The second-order valence-electron chi connectivity index (χ2n) is 4.12. The van der Waals surface area contributed by atoms with Crippen LogP contribution in [-0.2, 0) is 0 Å². The van der Waals surface area contributed by atoms with Gasteiger partial charge in [0.15, 0.2) is 0 Å². The largest absolute Gasteiger partial charge is 0.340 e. The Kier molecular flexibility index (Phi) is 2.95. The minimum Gasteiger partial charge on any atom is -0.340 e. The van der Waals surface area contributed by atoms with E-state index in [9.17, 15) is 0 Å². The highest BCUT2D eigenvalue weighted by atomic mass is 15.0. The van der Waals surface area contributed by atoms with Crippen LogP contribution in [0.5, 0.6) is 0 Å². The summed E-state index contributed by atoms with van der Waals surface area (Å²) in [5.74, 6) is 0.930. The number of para-hydroxylation sites is 1. The van der Waals surface area contributed by atoms with Gasteiger partial charge in [-0.25, -0.2) is 4.98 Å². The molecular weight excluding hydrogens is 195 g/mol. The monoisotopic (exact) mass is 210 g/mol. The number of aryl methyl sites for hydroxylation is 2. The number of aromatic nitrogens is 1. The van der Waals surface area contributed by atoms with E-state index in [0.717, 1.165) is 11.5 Å². The van der Waals surface area contributed by atoms with Gasteiger partial charge in [-0.15, -0.1) is 0 Å². The molecule has 0 spiro atoms. The van der Waals surface area contributed by atoms with Gasteiger partial charge in [-0.05, 0) is 36.5 Å². The second-order valence-corrected chi connectivity index (χ2v) is 4.12. The van der Waals surface area contributed by atoms with Gasteiger partial charge in [0, 0.05) is 11.9 Å². The smallest absolute Gasteiger partial charge is 0.144 e. The topological polar surface area (TPSA) is 24.9 Å². The highest BCUT2D eigenvalue weighted by Gasteiger charge is 2.02. The van der Waals surface area contributed by atoms with Crippen LogP contribution >= 0.6 is 0 Å². The van der Waals surface area contributed by atoms with Crippen molar-refractivity contribution >= 4 is 24.8 Å².